The largest absolute Gasteiger partial charge is 0.481 e. The fourth-order valence-corrected chi connectivity index (χ4v) is 2.16. The molecule has 1 atom stereocenters. The van der Waals surface area contributed by atoms with Gasteiger partial charge in [-0.3, -0.25) is 4.79 Å². The smallest absolute Gasteiger partial charge is 0.303 e. The Hall–Kier alpha value is -1.61. The monoisotopic (exact) mass is 334 g/mol. The first-order valence-corrected chi connectivity index (χ1v) is 9.20. The van der Waals surface area contributed by atoms with E-state index >= 15 is 0 Å². The van der Waals surface area contributed by atoms with Crippen molar-refractivity contribution in [2.24, 2.45) is 0 Å². The number of aliphatic hydroxyl groups is 1. The van der Waals surface area contributed by atoms with Gasteiger partial charge >= 0.3 is 5.97 Å². The quantitative estimate of drug-likeness (QED) is 0.233. The molecule has 0 amide bonds. The fourth-order valence-electron chi connectivity index (χ4n) is 2.16. The van der Waals surface area contributed by atoms with Crippen molar-refractivity contribution < 1.29 is 15.0 Å². The predicted molar refractivity (Wildman–Crippen MR) is 102 cm³/mol. The summed E-state index contributed by atoms with van der Waals surface area (Å²) >= 11 is 0. The lowest BCUT2D eigenvalue weighted by molar-refractivity contribution is -0.137. The van der Waals surface area contributed by atoms with Crippen molar-refractivity contribution in [2.75, 3.05) is 0 Å². The van der Waals surface area contributed by atoms with Crippen molar-refractivity contribution >= 4 is 5.97 Å². The highest BCUT2D eigenvalue weighted by atomic mass is 16.4. The molecule has 0 spiro atoms. The molecule has 0 aromatic heterocycles. The van der Waals surface area contributed by atoms with E-state index in [-0.39, 0.29) is 6.42 Å². The van der Waals surface area contributed by atoms with Crippen molar-refractivity contribution in [3.05, 3.63) is 48.6 Å². The van der Waals surface area contributed by atoms with Crippen LogP contribution in [0.3, 0.4) is 0 Å². The molecule has 0 heterocycles. The van der Waals surface area contributed by atoms with Gasteiger partial charge in [0, 0.05) is 6.42 Å². The van der Waals surface area contributed by atoms with Gasteiger partial charge < -0.3 is 10.2 Å². The van der Waals surface area contributed by atoms with E-state index in [1.165, 1.54) is 32.1 Å². The second-order valence-electron chi connectivity index (χ2n) is 5.93. The highest BCUT2D eigenvalue weighted by Crippen LogP contribution is 2.04. The molecule has 136 valence electrons. The van der Waals surface area contributed by atoms with E-state index in [0.717, 1.165) is 12.8 Å². The van der Waals surface area contributed by atoms with Gasteiger partial charge in [-0.2, -0.15) is 0 Å². The predicted octanol–water partition coefficient (Wildman–Crippen LogP) is 5.58. The number of carbonyl (C=O) groups is 1. The molecule has 0 fully saturated rings. The molecule has 2 N–H and O–H groups in total. The molecule has 0 rings (SSSR count). The van der Waals surface area contributed by atoms with Crippen molar-refractivity contribution in [1.29, 1.82) is 0 Å². The van der Waals surface area contributed by atoms with Crippen LogP contribution in [0.1, 0.15) is 71.1 Å². The minimum atomic E-state index is -0.816. The minimum absolute atomic E-state index is 0.110. The number of hydrogen-bond acceptors (Lipinski definition) is 2. The molecule has 0 aliphatic rings. The zero-order chi connectivity index (χ0) is 17.9. The van der Waals surface area contributed by atoms with Crippen molar-refractivity contribution in [1.82, 2.24) is 0 Å². The van der Waals surface area contributed by atoms with E-state index in [2.05, 4.69) is 31.2 Å². The standard InChI is InChI=1S/C21H34O3/c1-2-3-4-5-6-7-8-9-10-11-12-13-14-15-17-20(22)18-16-19-21(23)24/h7-8,10-11,13-15,17,20,22H,2-6,9,12,16,18-19H2,1H3,(H,23,24). The van der Waals surface area contributed by atoms with E-state index in [0.29, 0.717) is 12.8 Å². The van der Waals surface area contributed by atoms with E-state index in [9.17, 15) is 9.90 Å². The first-order valence-electron chi connectivity index (χ1n) is 9.20. The van der Waals surface area contributed by atoms with Crippen LogP contribution in [0.5, 0.6) is 0 Å². The van der Waals surface area contributed by atoms with Crippen LogP contribution in [0.2, 0.25) is 0 Å². The molecule has 0 saturated carbocycles. The molecule has 0 saturated heterocycles. The molecular formula is C21H34O3. The zero-order valence-corrected chi connectivity index (χ0v) is 15.1. The molecule has 0 aromatic carbocycles. The average Bonchev–Trinajstić information content (AvgIpc) is 2.55. The Balaban J connectivity index is 3.57. The third-order valence-electron chi connectivity index (χ3n) is 3.57. The van der Waals surface area contributed by atoms with Crippen LogP contribution in [0.4, 0.5) is 0 Å². The number of hydrogen-bond donors (Lipinski definition) is 2. The molecule has 0 bridgehead atoms. The van der Waals surface area contributed by atoms with E-state index in [1.54, 1.807) is 6.08 Å². The number of aliphatic carboxylic acids is 1. The third-order valence-corrected chi connectivity index (χ3v) is 3.57. The lowest BCUT2D eigenvalue weighted by Gasteiger charge is -2.02. The summed E-state index contributed by atoms with van der Waals surface area (Å²) < 4.78 is 0. The first kappa shape index (κ1) is 22.4. The van der Waals surface area contributed by atoms with E-state index in [1.807, 2.05) is 18.2 Å². The van der Waals surface area contributed by atoms with Crippen LogP contribution >= 0.6 is 0 Å². The van der Waals surface area contributed by atoms with Crippen LogP contribution < -0.4 is 0 Å². The van der Waals surface area contributed by atoms with E-state index < -0.39 is 12.1 Å². The summed E-state index contributed by atoms with van der Waals surface area (Å²) in [6.07, 6.45) is 25.1. The van der Waals surface area contributed by atoms with Crippen molar-refractivity contribution in [2.45, 2.75) is 77.2 Å². The van der Waals surface area contributed by atoms with Crippen LogP contribution in [-0.2, 0) is 4.79 Å². The second-order valence-corrected chi connectivity index (χ2v) is 5.93. The summed E-state index contributed by atoms with van der Waals surface area (Å²) in [5.74, 6) is -0.816. The summed E-state index contributed by atoms with van der Waals surface area (Å²) in [4.78, 5) is 10.4. The Kier molecular flexibility index (Phi) is 16.5. The number of unbranched alkanes of at least 4 members (excludes halogenated alkanes) is 4. The summed E-state index contributed by atoms with van der Waals surface area (Å²) in [5, 5.41) is 18.1. The first-order chi connectivity index (χ1) is 11.7. The van der Waals surface area contributed by atoms with E-state index in [4.69, 9.17) is 5.11 Å². The highest BCUT2D eigenvalue weighted by molar-refractivity contribution is 5.66. The van der Waals surface area contributed by atoms with Gasteiger partial charge in [0.15, 0.2) is 0 Å². The Morgan fingerprint density at radius 3 is 2.33 bits per heavy atom. The van der Waals surface area contributed by atoms with Gasteiger partial charge in [0.25, 0.3) is 0 Å². The lowest BCUT2D eigenvalue weighted by Crippen LogP contribution is -2.03. The highest BCUT2D eigenvalue weighted by Gasteiger charge is 2.01. The van der Waals surface area contributed by atoms with Crippen LogP contribution in [0, 0.1) is 0 Å². The Morgan fingerprint density at radius 1 is 0.917 bits per heavy atom. The van der Waals surface area contributed by atoms with Crippen LogP contribution in [0.15, 0.2) is 48.6 Å². The number of aliphatic hydroxyl groups excluding tert-OH is 1. The van der Waals surface area contributed by atoms with Gasteiger partial charge in [-0.15, -0.1) is 0 Å². The lowest BCUT2D eigenvalue weighted by atomic mass is 10.1. The molecule has 0 aromatic rings. The molecular weight excluding hydrogens is 300 g/mol. The Morgan fingerprint density at radius 2 is 1.62 bits per heavy atom. The Bertz CT molecular complexity index is 405. The van der Waals surface area contributed by atoms with Gasteiger partial charge in [-0.05, 0) is 38.5 Å². The Labute approximate surface area is 147 Å². The van der Waals surface area contributed by atoms with Crippen molar-refractivity contribution in [3.63, 3.8) is 0 Å². The molecule has 3 heteroatoms. The molecule has 1 unspecified atom stereocenters. The molecule has 3 nitrogen and oxygen atoms in total. The topological polar surface area (TPSA) is 57.5 Å². The normalized spacial score (nSPS) is 13.8. The molecule has 0 aliphatic carbocycles. The molecule has 24 heavy (non-hydrogen) atoms. The van der Waals surface area contributed by atoms with Gasteiger partial charge in [-0.1, -0.05) is 74.8 Å². The summed E-state index contributed by atoms with van der Waals surface area (Å²) in [5.41, 5.74) is 0. The van der Waals surface area contributed by atoms with Gasteiger partial charge in [0.05, 0.1) is 6.10 Å². The van der Waals surface area contributed by atoms with Crippen LogP contribution in [0.25, 0.3) is 0 Å². The van der Waals surface area contributed by atoms with Crippen molar-refractivity contribution in [3.8, 4) is 0 Å². The number of carboxylic acid groups (broad SMARTS) is 1. The van der Waals surface area contributed by atoms with Gasteiger partial charge in [0.1, 0.15) is 0 Å². The van der Waals surface area contributed by atoms with Crippen LogP contribution in [-0.4, -0.2) is 22.3 Å². The van der Waals surface area contributed by atoms with Gasteiger partial charge in [-0.25, -0.2) is 0 Å². The third kappa shape index (κ3) is 18.4. The number of rotatable bonds is 15. The summed E-state index contributed by atoms with van der Waals surface area (Å²) in [6, 6.07) is 0. The maximum absolute atomic E-state index is 10.4. The average molecular weight is 335 g/mol. The number of carboxylic acids is 1. The molecule has 0 aliphatic heterocycles. The zero-order valence-electron chi connectivity index (χ0n) is 15.1. The van der Waals surface area contributed by atoms with Gasteiger partial charge in [0.2, 0.25) is 0 Å². The summed E-state index contributed by atoms with van der Waals surface area (Å²) in [6.45, 7) is 2.23. The maximum atomic E-state index is 10.4. The molecule has 0 radical (unpaired) electrons. The minimum Gasteiger partial charge on any atom is -0.481 e. The fraction of sp³-hybridized carbons (Fsp3) is 0.571. The maximum Gasteiger partial charge on any atom is 0.303 e. The summed E-state index contributed by atoms with van der Waals surface area (Å²) in [7, 11) is 0. The SMILES string of the molecule is CCCCCCC=CCC=CCC=CC=CC(O)CCCC(=O)O. The number of allylic oxidation sites excluding steroid dienone is 7. The second kappa shape index (κ2) is 17.7.